The highest BCUT2D eigenvalue weighted by Gasteiger charge is 2.27. The number of amides is 2. The van der Waals surface area contributed by atoms with E-state index < -0.39 is 12.1 Å². The van der Waals surface area contributed by atoms with Crippen molar-refractivity contribution in [2.45, 2.75) is 58.2 Å². The van der Waals surface area contributed by atoms with Crippen molar-refractivity contribution in [1.82, 2.24) is 10.6 Å². The van der Waals surface area contributed by atoms with Crippen LogP contribution in [-0.2, 0) is 22.4 Å². The SMILES string of the molecule is Cc1cc(O)cc(C)c1CC(N)C(=O)N[C@H](C)C(=O)NC1CCc2ccccc21.Cl. The summed E-state index contributed by atoms with van der Waals surface area (Å²) >= 11 is 0. The normalized spacial score (nSPS) is 16.7. The zero-order valence-electron chi connectivity index (χ0n) is 17.6. The van der Waals surface area contributed by atoms with Crippen molar-refractivity contribution in [1.29, 1.82) is 0 Å². The van der Waals surface area contributed by atoms with E-state index in [1.165, 1.54) is 5.56 Å². The molecule has 0 aromatic heterocycles. The summed E-state index contributed by atoms with van der Waals surface area (Å²) in [6.45, 7) is 5.42. The molecule has 3 rings (SSSR count). The molecule has 0 bridgehead atoms. The molecular formula is C23H30ClN3O3. The lowest BCUT2D eigenvalue weighted by atomic mass is 9.96. The number of hydrogen-bond acceptors (Lipinski definition) is 4. The first-order valence-corrected chi connectivity index (χ1v) is 9.99. The largest absolute Gasteiger partial charge is 0.508 e. The Morgan fingerprint density at radius 2 is 1.80 bits per heavy atom. The van der Waals surface area contributed by atoms with Crippen LogP contribution >= 0.6 is 12.4 Å². The summed E-state index contributed by atoms with van der Waals surface area (Å²) < 4.78 is 0. The smallest absolute Gasteiger partial charge is 0.242 e. The van der Waals surface area contributed by atoms with Gasteiger partial charge < -0.3 is 21.5 Å². The molecule has 2 aromatic carbocycles. The molecule has 2 amide bonds. The lowest BCUT2D eigenvalue weighted by Gasteiger charge is -2.21. The van der Waals surface area contributed by atoms with Crippen molar-refractivity contribution >= 4 is 24.2 Å². The lowest BCUT2D eigenvalue weighted by Crippen LogP contribution is -2.51. The van der Waals surface area contributed by atoms with E-state index in [9.17, 15) is 14.7 Å². The van der Waals surface area contributed by atoms with Crippen LogP contribution in [0.25, 0.3) is 0 Å². The molecule has 2 unspecified atom stereocenters. The third-order valence-corrected chi connectivity index (χ3v) is 5.64. The Hall–Kier alpha value is -2.57. The summed E-state index contributed by atoms with van der Waals surface area (Å²) in [5.41, 5.74) is 11.2. The molecule has 30 heavy (non-hydrogen) atoms. The van der Waals surface area contributed by atoms with Crippen molar-refractivity contribution in [2.75, 3.05) is 0 Å². The summed E-state index contributed by atoms with van der Waals surface area (Å²) in [6.07, 6.45) is 2.15. The minimum atomic E-state index is -0.778. The summed E-state index contributed by atoms with van der Waals surface area (Å²) in [7, 11) is 0. The Bertz CT molecular complexity index is 909. The van der Waals surface area contributed by atoms with Crippen molar-refractivity contribution in [3.05, 3.63) is 64.2 Å². The van der Waals surface area contributed by atoms with Gasteiger partial charge in [0.05, 0.1) is 12.1 Å². The van der Waals surface area contributed by atoms with Gasteiger partial charge in [-0.15, -0.1) is 12.4 Å². The number of nitrogens with two attached hydrogens (primary N) is 1. The molecule has 162 valence electrons. The molecule has 1 aliphatic carbocycles. The Kier molecular flexibility index (Phi) is 7.87. The Morgan fingerprint density at radius 3 is 2.47 bits per heavy atom. The molecular weight excluding hydrogens is 402 g/mol. The van der Waals surface area contributed by atoms with Gasteiger partial charge >= 0.3 is 0 Å². The number of halogens is 1. The van der Waals surface area contributed by atoms with Gasteiger partial charge in [-0.25, -0.2) is 0 Å². The topological polar surface area (TPSA) is 104 Å². The molecule has 0 heterocycles. The highest BCUT2D eigenvalue weighted by atomic mass is 35.5. The van der Waals surface area contributed by atoms with Crippen LogP contribution in [0.5, 0.6) is 5.75 Å². The number of fused-ring (bicyclic) bond motifs is 1. The third-order valence-electron chi connectivity index (χ3n) is 5.64. The molecule has 0 spiro atoms. The van der Waals surface area contributed by atoms with Gasteiger partial charge in [-0.2, -0.15) is 0 Å². The zero-order valence-corrected chi connectivity index (χ0v) is 18.4. The number of carbonyl (C=O) groups is 2. The first-order valence-electron chi connectivity index (χ1n) is 9.99. The molecule has 7 heteroatoms. The van der Waals surface area contributed by atoms with E-state index in [0.29, 0.717) is 6.42 Å². The van der Waals surface area contributed by atoms with Crippen LogP contribution in [0, 0.1) is 13.8 Å². The fraction of sp³-hybridized carbons (Fsp3) is 0.391. The highest BCUT2D eigenvalue weighted by Crippen LogP contribution is 2.30. The maximum absolute atomic E-state index is 12.6. The minimum absolute atomic E-state index is 0. The molecule has 3 atom stereocenters. The number of rotatable bonds is 6. The van der Waals surface area contributed by atoms with Gasteiger partial charge in [0.2, 0.25) is 11.8 Å². The first kappa shape index (κ1) is 23.7. The van der Waals surface area contributed by atoms with Crippen LogP contribution in [0.4, 0.5) is 0 Å². The predicted molar refractivity (Wildman–Crippen MR) is 120 cm³/mol. The van der Waals surface area contributed by atoms with E-state index in [4.69, 9.17) is 5.73 Å². The number of carbonyl (C=O) groups excluding carboxylic acids is 2. The Balaban J connectivity index is 0.00000320. The Labute approximate surface area is 183 Å². The van der Waals surface area contributed by atoms with E-state index >= 15 is 0 Å². The van der Waals surface area contributed by atoms with Gasteiger partial charge in [0.25, 0.3) is 0 Å². The van der Waals surface area contributed by atoms with Gasteiger partial charge in [0.1, 0.15) is 11.8 Å². The average molecular weight is 432 g/mol. The number of phenolic OH excluding ortho intramolecular Hbond substituents is 1. The maximum Gasteiger partial charge on any atom is 0.242 e. The molecule has 0 aliphatic heterocycles. The molecule has 2 aromatic rings. The van der Waals surface area contributed by atoms with Gasteiger partial charge in [0.15, 0.2) is 0 Å². The third kappa shape index (κ3) is 5.32. The fourth-order valence-corrected chi connectivity index (χ4v) is 3.99. The minimum Gasteiger partial charge on any atom is -0.508 e. The quantitative estimate of drug-likeness (QED) is 0.564. The fourth-order valence-electron chi connectivity index (χ4n) is 3.99. The van der Waals surface area contributed by atoms with Crippen molar-refractivity contribution in [3.63, 3.8) is 0 Å². The van der Waals surface area contributed by atoms with Crippen molar-refractivity contribution in [3.8, 4) is 5.75 Å². The van der Waals surface area contributed by atoms with E-state index in [-0.39, 0.29) is 36.0 Å². The number of aryl methyl sites for hydroxylation is 3. The zero-order chi connectivity index (χ0) is 21.1. The van der Waals surface area contributed by atoms with E-state index in [0.717, 1.165) is 35.1 Å². The number of nitrogens with one attached hydrogen (secondary N) is 2. The van der Waals surface area contributed by atoms with E-state index in [1.54, 1.807) is 19.1 Å². The number of phenols is 1. The van der Waals surface area contributed by atoms with Crippen LogP contribution in [0.2, 0.25) is 0 Å². The van der Waals surface area contributed by atoms with Crippen LogP contribution in [0.1, 0.15) is 47.2 Å². The van der Waals surface area contributed by atoms with Crippen LogP contribution in [0.3, 0.4) is 0 Å². The second kappa shape index (κ2) is 9.96. The maximum atomic E-state index is 12.6. The summed E-state index contributed by atoms with van der Waals surface area (Å²) in [5.74, 6) is -0.392. The summed E-state index contributed by atoms with van der Waals surface area (Å²) in [5, 5.41) is 15.4. The first-order chi connectivity index (χ1) is 13.8. The number of hydrogen-bond donors (Lipinski definition) is 4. The molecule has 0 saturated carbocycles. The van der Waals surface area contributed by atoms with Gasteiger partial charge in [0, 0.05) is 0 Å². The van der Waals surface area contributed by atoms with Crippen molar-refractivity contribution < 1.29 is 14.7 Å². The Morgan fingerprint density at radius 1 is 1.17 bits per heavy atom. The molecule has 5 N–H and O–H groups in total. The average Bonchev–Trinajstić information content (AvgIpc) is 3.07. The molecule has 0 saturated heterocycles. The van der Waals surface area contributed by atoms with Gasteiger partial charge in [-0.1, -0.05) is 24.3 Å². The van der Waals surface area contributed by atoms with Crippen LogP contribution in [-0.4, -0.2) is 29.0 Å². The molecule has 1 aliphatic rings. The van der Waals surface area contributed by atoms with Crippen LogP contribution in [0.15, 0.2) is 36.4 Å². The molecule has 6 nitrogen and oxygen atoms in total. The predicted octanol–water partition coefficient (Wildman–Crippen LogP) is 2.61. The monoisotopic (exact) mass is 431 g/mol. The van der Waals surface area contributed by atoms with Crippen LogP contribution < -0.4 is 16.4 Å². The van der Waals surface area contributed by atoms with E-state index in [1.807, 2.05) is 32.0 Å². The molecule has 0 fully saturated rings. The standard InChI is InChI=1S/C23H29N3O3.ClH/c1-13-10-17(27)11-14(2)19(13)12-20(24)23(29)25-15(3)22(28)26-21-9-8-16-6-4-5-7-18(16)21;/h4-7,10-11,15,20-21,27H,8-9,12,24H2,1-3H3,(H,25,29)(H,26,28);1H/t15-,20?,21?;/m1./s1. The van der Waals surface area contributed by atoms with Gasteiger partial charge in [-0.3, -0.25) is 9.59 Å². The lowest BCUT2D eigenvalue weighted by molar-refractivity contribution is -0.129. The summed E-state index contributed by atoms with van der Waals surface area (Å²) in [4.78, 5) is 25.1. The molecule has 0 radical (unpaired) electrons. The second-order valence-electron chi connectivity index (χ2n) is 7.90. The number of aromatic hydroxyl groups is 1. The number of benzene rings is 2. The van der Waals surface area contributed by atoms with Gasteiger partial charge in [-0.05, 0) is 80.0 Å². The van der Waals surface area contributed by atoms with Crippen molar-refractivity contribution in [2.24, 2.45) is 5.73 Å². The van der Waals surface area contributed by atoms with E-state index in [2.05, 4.69) is 16.7 Å². The summed E-state index contributed by atoms with van der Waals surface area (Å²) in [6, 6.07) is 9.93. The highest BCUT2D eigenvalue weighted by molar-refractivity contribution is 5.89. The second-order valence-corrected chi connectivity index (χ2v) is 7.90.